The molecule has 5 atom stereocenters. The van der Waals surface area contributed by atoms with E-state index in [0.29, 0.717) is 30.3 Å². The molecule has 3 N–H and O–H groups in total. The number of nitrogens with zero attached hydrogens (tertiary/aromatic N) is 3. The van der Waals surface area contributed by atoms with Gasteiger partial charge in [-0.3, -0.25) is 19.1 Å². The predicted octanol–water partition coefficient (Wildman–Crippen LogP) is 4.82. The lowest BCUT2D eigenvalue weighted by Crippen LogP contribution is -2.57. The van der Waals surface area contributed by atoms with Crippen molar-refractivity contribution >= 4 is 55.0 Å². The number of hydrogen-bond donors (Lipinski definition) is 3. The number of sulfonamides is 1. The van der Waals surface area contributed by atoms with Crippen LogP contribution in [0.4, 0.5) is 5.13 Å². The van der Waals surface area contributed by atoms with Crippen molar-refractivity contribution in [3.63, 3.8) is 0 Å². The summed E-state index contributed by atoms with van der Waals surface area (Å²) in [6.07, 6.45) is 10.3. The van der Waals surface area contributed by atoms with E-state index in [0.717, 1.165) is 42.1 Å². The molecule has 1 aromatic carbocycles. The van der Waals surface area contributed by atoms with Crippen molar-refractivity contribution in [1.29, 1.82) is 0 Å². The average Bonchev–Trinajstić information content (AvgIpc) is 3.97. The Morgan fingerprint density at radius 2 is 1.90 bits per heavy atom. The summed E-state index contributed by atoms with van der Waals surface area (Å²) in [6, 6.07) is 8.00. The van der Waals surface area contributed by atoms with Crippen LogP contribution < -0.4 is 20.1 Å². The Balaban J connectivity index is 1.19. The van der Waals surface area contributed by atoms with E-state index in [-0.39, 0.29) is 36.6 Å². The molecule has 12 nitrogen and oxygen atoms in total. The molecule has 0 bridgehead atoms. The molecule has 3 amide bonds. The van der Waals surface area contributed by atoms with Crippen LogP contribution >= 0.6 is 11.3 Å². The number of allylic oxidation sites excluding steroid dienone is 1. The topological polar surface area (TPSA) is 160 Å². The van der Waals surface area contributed by atoms with Crippen molar-refractivity contribution in [2.24, 2.45) is 5.92 Å². The number of carbonyl (C=O) groups excluding carboxylic acids is 3. The number of anilines is 1. The SMILES string of the molecule is CC(C)(C)c1csc(N[C@H]2CCCCCC=C[C@@H]3C[C@@]3(C(=O)NS(=O)(=O)C3CC3)NC(=O)[C@@H]3C[C@@H](Oc4nccc5ccccc45)CN3C2=O)n1. The van der Waals surface area contributed by atoms with Gasteiger partial charge in [-0.2, -0.15) is 0 Å². The highest BCUT2D eigenvalue weighted by atomic mass is 32.2. The van der Waals surface area contributed by atoms with E-state index < -0.39 is 50.8 Å². The Morgan fingerprint density at radius 3 is 2.67 bits per heavy atom. The average molecular weight is 735 g/mol. The van der Waals surface area contributed by atoms with Crippen LogP contribution in [0.1, 0.15) is 84.3 Å². The second-order valence-electron chi connectivity index (χ2n) is 15.3. The Kier molecular flexibility index (Phi) is 9.59. The third kappa shape index (κ3) is 7.62. The van der Waals surface area contributed by atoms with E-state index in [1.54, 1.807) is 11.1 Å². The largest absolute Gasteiger partial charge is 0.472 e. The van der Waals surface area contributed by atoms with Gasteiger partial charge in [-0.05, 0) is 56.0 Å². The van der Waals surface area contributed by atoms with Gasteiger partial charge in [0, 0.05) is 34.7 Å². The molecule has 0 unspecified atom stereocenters. The quantitative estimate of drug-likeness (QED) is 0.289. The molecule has 2 aromatic heterocycles. The van der Waals surface area contributed by atoms with Crippen molar-refractivity contribution in [2.75, 3.05) is 11.9 Å². The normalized spacial score (nSPS) is 27.5. The Hall–Kier alpha value is -4.04. The van der Waals surface area contributed by atoms with Gasteiger partial charge < -0.3 is 20.3 Å². The molecule has 4 heterocycles. The number of amides is 3. The zero-order valence-electron chi connectivity index (χ0n) is 29.3. The summed E-state index contributed by atoms with van der Waals surface area (Å²) in [6.45, 7) is 6.40. The third-order valence-electron chi connectivity index (χ3n) is 10.3. The first-order valence-electron chi connectivity index (χ1n) is 17.9. The number of hydrogen-bond acceptors (Lipinski definition) is 10. The van der Waals surface area contributed by atoms with E-state index in [1.165, 1.54) is 11.3 Å². The molecular weight excluding hydrogens is 689 g/mol. The Labute approximate surface area is 302 Å². The highest BCUT2D eigenvalue weighted by molar-refractivity contribution is 7.91. The molecule has 4 aliphatic rings. The number of fused-ring (bicyclic) bond motifs is 3. The van der Waals surface area contributed by atoms with Crippen LogP contribution in [0.5, 0.6) is 5.88 Å². The van der Waals surface area contributed by atoms with Gasteiger partial charge >= 0.3 is 0 Å². The molecule has 0 radical (unpaired) electrons. The van der Waals surface area contributed by atoms with Crippen LogP contribution in [-0.2, 0) is 29.8 Å². The van der Waals surface area contributed by atoms with E-state index >= 15 is 0 Å². The smallest absolute Gasteiger partial charge is 0.259 e. The van der Waals surface area contributed by atoms with Crippen LogP contribution in [0, 0.1) is 5.92 Å². The molecule has 1 saturated heterocycles. The molecular formula is C37H46N6O6S2. The van der Waals surface area contributed by atoms with E-state index in [2.05, 4.69) is 41.1 Å². The summed E-state index contributed by atoms with van der Waals surface area (Å²) in [4.78, 5) is 53.5. The standard InChI is InChI=1S/C37H46N6O6S2/c1-36(2,3)30-22-50-35(40-30)39-28-14-8-6-4-5-7-12-24-20-37(24,34(46)42-51(47,48)26-15-16-26)41-31(44)29-19-25(21-43(29)33(28)45)49-32-27-13-10-9-11-23(27)17-18-38-32/h7,9-13,17-18,22,24-26,28-29H,4-6,8,14-16,19-21H2,1-3H3,(H,39,40)(H,41,44)(H,42,46)/t24-,25-,28+,29+,37-/m1/s1. The maximum absolute atomic E-state index is 14.6. The number of carbonyl (C=O) groups is 3. The first kappa shape index (κ1) is 35.4. The number of benzene rings is 1. The summed E-state index contributed by atoms with van der Waals surface area (Å²) in [5, 5.41) is 10.2. The summed E-state index contributed by atoms with van der Waals surface area (Å²) < 4.78 is 34.3. The van der Waals surface area contributed by atoms with Gasteiger partial charge in [-0.15, -0.1) is 11.3 Å². The molecule has 0 spiro atoms. The lowest BCUT2D eigenvalue weighted by Gasteiger charge is -2.30. The van der Waals surface area contributed by atoms with Crippen molar-refractivity contribution in [3.8, 4) is 5.88 Å². The summed E-state index contributed by atoms with van der Waals surface area (Å²) in [5.41, 5.74) is -0.663. The number of rotatable bonds is 7. The molecule has 3 aromatic rings. The van der Waals surface area contributed by atoms with Gasteiger partial charge in [-0.25, -0.2) is 18.4 Å². The molecule has 2 saturated carbocycles. The highest BCUT2D eigenvalue weighted by Crippen LogP contribution is 2.46. The molecule has 14 heteroatoms. The van der Waals surface area contributed by atoms with Gasteiger partial charge in [-0.1, -0.05) is 64.0 Å². The van der Waals surface area contributed by atoms with Gasteiger partial charge in [0.05, 0.1) is 17.5 Å². The maximum atomic E-state index is 14.6. The van der Waals surface area contributed by atoms with Gasteiger partial charge in [0.15, 0.2) is 5.13 Å². The number of aromatic nitrogens is 2. The van der Waals surface area contributed by atoms with Crippen LogP contribution in [0.3, 0.4) is 0 Å². The Morgan fingerprint density at radius 1 is 1.10 bits per heavy atom. The number of pyridine rings is 1. The lowest BCUT2D eigenvalue weighted by molar-refractivity contribution is -0.140. The molecule has 272 valence electrons. The minimum Gasteiger partial charge on any atom is -0.472 e. The Bertz CT molecular complexity index is 1950. The van der Waals surface area contributed by atoms with Crippen LogP contribution in [0.2, 0.25) is 0 Å². The van der Waals surface area contributed by atoms with Crippen LogP contribution in [-0.4, -0.2) is 76.5 Å². The number of nitrogens with one attached hydrogen (secondary N) is 3. The molecule has 3 fully saturated rings. The van der Waals surface area contributed by atoms with E-state index in [9.17, 15) is 22.8 Å². The van der Waals surface area contributed by atoms with Crippen LogP contribution in [0.25, 0.3) is 10.8 Å². The minimum atomic E-state index is -3.84. The first-order chi connectivity index (χ1) is 24.3. The fourth-order valence-electron chi connectivity index (χ4n) is 7.02. The first-order valence-corrected chi connectivity index (χ1v) is 20.3. The highest BCUT2D eigenvalue weighted by Gasteiger charge is 2.62. The minimum absolute atomic E-state index is 0.129. The van der Waals surface area contributed by atoms with Crippen molar-refractivity contribution < 1.29 is 27.5 Å². The van der Waals surface area contributed by atoms with Gasteiger partial charge in [0.25, 0.3) is 5.91 Å². The van der Waals surface area contributed by atoms with E-state index in [1.807, 2.05) is 47.9 Å². The summed E-state index contributed by atoms with van der Waals surface area (Å²) in [7, 11) is -3.84. The monoisotopic (exact) mass is 734 g/mol. The maximum Gasteiger partial charge on any atom is 0.259 e. The zero-order valence-corrected chi connectivity index (χ0v) is 30.9. The van der Waals surface area contributed by atoms with Crippen molar-refractivity contribution in [3.05, 3.63) is 59.8 Å². The van der Waals surface area contributed by atoms with E-state index in [4.69, 9.17) is 9.72 Å². The second kappa shape index (κ2) is 13.8. The van der Waals surface area contributed by atoms with Crippen LogP contribution in [0.15, 0.2) is 54.1 Å². The molecule has 51 heavy (non-hydrogen) atoms. The third-order valence-corrected chi connectivity index (χ3v) is 12.9. The molecule has 2 aliphatic heterocycles. The number of thiazole rings is 1. The van der Waals surface area contributed by atoms with Crippen molar-refractivity contribution in [2.45, 2.75) is 113 Å². The predicted molar refractivity (Wildman–Crippen MR) is 196 cm³/mol. The molecule has 2 aliphatic carbocycles. The summed E-state index contributed by atoms with van der Waals surface area (Å²) in [5.74, 6) is -1.46. The number of ether oxygens (including phenoxy) is 1. The van der Waals surface area contributed by atoms with Crippen molar-refractivity contribution in [1.82, 2.24) is 24.9 Å². The van der Waals surface area contributed by atoms with Gasteiger partial charge in [0.1, 0.15) is 23.7 Å². The molecule has 7 rings (SSSR count). The summed E-state index contributed by atoms with van der Waals surface area (Å²) >= 11 is 1.45. The van der Waals surface area contributed by atoms with Gasteiger partial charge in [0.2, 0.25) is 27.7 Å². The fraction of sp³-hybridized carbons (Fsp3) is 0.541. The second-order valence-corrected chi connectivity index (χ2v) is 18.1. The fourth-order valence-corrected chi connectivity index (χ4v) is 9.38. The zero-order chi connectivity index (χ0) is 36.0. The lowest BCUT2D eigenvalue weighted by atomic mass is 9.93.